The first-order valence-electron chi connectivity index (χ1n) is 23.2. The number of unbranched alkanes of at least 4 members (excludes halogenated alkanes) is 26. The number of carboxylic acids is 1. The largest absolute Gasteiger partial charge is 0.477 e. The van der Waals surface area contributed by atoms with Gasteiger partial charge in [0.25, 0.3) is 0 Å². The summed E-state index contributed by atoms with van der Waals surface area (Å²) in [4.78, 5) is 37.0. The smallest absolute Gasteiger partial charge is 0.362 e. The normalized spacial score (nSPS) is 13.0. The summed E-state index contributed by atoms with van der Waals surface area (Å²) < 4.78 is 17.3. The molecule has 8 heteroatoms. The molecule has 0 aromatic carbocycles. The van der Waals surface area contributed by atoms with Crippen molar-refractivity contribution in [1.29, 1.82) is 0 Å². The zero-order valence-electron chi connectivity index (χ0n) is 36.9. The highest BCUT2D eigenvalue weighted by atomic mass is 16.6. The number of nitrogens with zero attached hydrogens (tertiary/aromatic N) is 1. The van der Waals surface area contributed by atoms with Crippen LogP contribution in [0.2, 0.25) is 0 Å². The minimum Gasteiger partial charge on any atom is -0.477 e. The fourth-order valence-electron chi connectivity index (χ4n) is 7.03. The van der Waals surface area contributed by atoms with E-state index in [2.05, 4.69) is 26.0 Å². The molecule has 324 valence electrons. The van der Waals surface area contributed by atoms with Gasteiger partial charge in [-0.2, -0.15) is 0 Å². The van der Waals surface area contributed by atoms with Gasteiger partial charge in [-0.1, -0.05) is 174 Å². The van der Waals surface area contributed by atoms with E-state index in [1.807, 2.05) is 21.1 Å². The topological polar surface area (TPSA) is 99.1 Å². The lowest BCUT2D eigenvalue weighted by Crippen LogP contribution is -2.50. The summed E-state index contributed by atoms with van der Waals surface area (Å²) in [5.74, 6) is -1.46. The van der Waals surface area contributed by atoms with Gasteiger partial charge in [-0.3, -0.25) is 9.59 Å². The number of esters is 2. The molecule has 0 heterocycles. The molecule has 2 atom stereocenters. The third-order valence-electron chi connectivity index (χ3n) is 10.7. The number of carboxylic acid groups (broad SMARTS) is 1. The van der Waals surface area contributed by atoms with Crippen molar-refractivity contribution in [2.75, 3.05) is 41.0 Å². The summed E-state index contributed by atoms with van der Waals surface area (Å²) >= 11 is 0. The summed E-state index contributed by atoms with van der Waals surface area (Å²) in [6, 6.07) is -0.611. The lowest BCUT2D eigenvalue weighted by atomic mass is 10.0. The molecule has 0 rings (SSSR count). The van der Waals surface area contributed by atoms with Gasteiger partial charge in [-0.05, 0) is 38.5 Å². The van der Waals surface area contributed by atoms with E-state index in [1.165, 1.54) is 135 Å². The van der Waals surface area contributed by atoms with Crippen molar-refractivity contribution in [3.63, 3.8) is 0 Å². The minimum atomic E-state index is -0.873. The molecule has 0 spiro atoms. The number of rotatable bonds is 42. The van der Waals surface area contributed by atoms with Crippen LogP contribution in [-0.4, -0.2) is 80.6 Å². The van der Waals surface area contributed by atoms with E-state index < -0.39 is 18.1 Å². The zero-order valence-corrected chi connectivity index (χ0v) is 36.9. The maximum absolute atomic E-state index is 12.7. The molecule has 0 aliphatic rings. The average molecular weight is 781 g/mol. The van der Waals surface area contributed by atoms with Crippen molar-refractivity contribution in [3.05, 3.63) is 12.2 Å². The number of quaternary nitrogens is 1. The minimum absolute atomic E-state index is 0.0483. The van der Waals surface area contributed by atoms with Crippen LogP contribution in [0, 0.1) is 0 Å². The van der Waals surface area contributed by atoms with Gasteiger partial charge in [0.1, 0.15) is 6.61 Å². The fraction of sp³-hybridized carbons (Fsp3) is 0.894. The van der Waals surface area contributed by atoms with E-state index in [4.69, 9.17) is 14.2 Å². The lowest BCUT2D eigenvalue weighted by Gasteiger charge is -2.31. The van der Waals surface area contributed by atoms with E-state index in [-0.39, 0.29) is 36.2 Å². The molecule has 8 nitrogen and oxygen atoms in total. The number of likely N-dealkylation sites (N-methyl/N-ethyl adjacent to an activating group) is 1. The molecule has 0 aromatic heterocycles. The third-order valence-corrected chi connectivity index (χ3v) is 10.7. The molecule has 0 amide bonds. The van der Waals surface area contributed by atoms with Crippen LogP contribution < -0.4 is 0 Å². The van der Waals surface area contributed by atoms with Crippen molar-refractivity contribution >= 4 is 17.9 Å². The molecule has 0 saturated carbocycles. The first-order chi connectivity index (χ1) is 26.6. The van der Waals surface area contributed by atoms with Crippen LogP contribution in [0.5, 0.6) is 0 Å². The Hall–Kier alpha value is -1.93. The molecule has 1 N–H and O–H groups in total. The Morgan fingerprint density at radius 2 is 0.909 bits per heavy atom. The van der Waals surface area contributed by atoms with Crippen LogP contribution in [0.25, 0.3) is 0 Å². The van der Waals surface area contributed by atoms with Crippen LogP contribution in [0.1, 0.15) is 219 Å². The van der Waals surface area contributed by atoms with Gasteiger partial charge in [0, 0.05) is 19.3 Å². The Balaban J connectivity index is 4.23. The SMILES string of the molecule is CCCCC/C=C\CCCCCCCC(=O)OC(COCCC(C(=O)O)[N+](C)(C)C)COC(=O)CCCCCCCCCCCCCCCCCCCCC. The van der Waals surface area contributed by atoms with Crippen LogP contribution in [-0.2, 0) is 28.6 Å². The van der Waals surface area contributed by atoms with E-state index >= 15 is 0 Å². The molecule has 0 aliphatic carbocycles. The molecule has 2 unspecified atom stereocenters. The summed E-state index contributed by atoms with van der Waals surface area (Å²) in [7, 11) is 5.53. The predicted octanol–water partition coefficient (Wildman–Crippen LogP) is 12.7. The molecule has 0 aromatic rings. The second-order valence-electron chi connectivity index (χ2n) is 17.0. The molecule has 0 radical (unpaired) electrons. The summed E-state index contributed by atoms with van der Waals surface area (Å²) in [5.41, 5.74) is 0. The first kappa shape index (κ1) is 53.1. The van der Waals surface area contributed by atoms with Crippen molar-refractivity contribution in [1.82, 2.24) is 0 Å². The number of hydrogen-bond acceptors (Lipinski definition) is 6. The molecule has 0 aliphatic heterocycles. The first-order valence-corrected chi connectivity index (χ1v) is 23.2. The van der Waals surface area contributed by atoms with Gasteiger partial charge >= 0.3 is 17.9 Å². The maximum Gasteiger partial charge on any atom is 0.362 e. The number of aliphatic carboxylic acids is 1. The van der Waals surface area contributed by atoms with Gasteiger partial charge in [0.05, 0.1) is 34.4 Å². The van der Waals surface area contributed by atoms with Crippen LogP contribution in [0.4, 0.5) is 0 Å². The van der Waals surface area contributed by atoms with Crippen molar-refractivity contribution in [2.24, 2.45) is 0 Å². The van der Waals surface area contributed by atoms with Crippen molar-refractivity contribution in [2.45, 2.75) is 231 Å². The molecule has 55 heavy (non-hydrogen) atoms. The standard InChI is InChI=1S/C47H89NO7/c1-6-8-10-12-14-16-18-20-21-22-23-24-25-26-28-29-31-33-35-37-45(49)54-42-43(41-53-40-39-44(47(51)52)48(3,4)5)55-46(50)38-36-34-32-30-27-19-17-15-13-11-9-7-2/h15,17,43-44H,6-14,16,18-42H2,1-5H3/p+1/b17-15-. The Morgan fingerprint density at radius 1 is 0.527 bits per heavy atom. The van der Waals surface area contributed by atoms with Crippen LogP contribution in [0.3, 0.4) is 0 Å². The van der Waals surface area contributed by atoms with E-state index in [0.29, 0.717) is 19.3 Å². The Bertz CT molecular complexity index is 915. The number of carbonyl (C=O) groups is 3. The quantitative estimate of drug-likeness (QED) is 0.0285. The summed E-state index contributed by atoms with van der Waals surface area (Å²) in [6.07, 6.45) is 41.1. The van der Waals surface area contributed by atoms with Crippen LogP contribution >= 0.6 is 0 Å². The third kappa shape index (κ3) is 37.4. The van der Waals surface area contributed by atoms with E-state index in [1.54, 1.807) is 0 Å². The van der Waals surface area contributed by atoms with Gasteiger partial charge in [-0.25, -0.2) is 4.79 Å². The van der Waals surface area contributed by atoms with E-state index in [9.17, 15) is 19.5 Å². The van der Waals surface area contributed by atoms with E-state index in [0.717, 1.165) is 51.4 Å². The highest BCUT2D eigenvalue weighted by Crippen LogP contribution is 2.16. The van der Waals surface area contributed by atoms with Crippen molar-refractivity contribution < 1.29 is 38.2 Å². The average Bonchev–Trinajstić information content (AvgIpc) is 3.14. The van der Waals surface area contributed by atoms with Crippen LogP contribution in [0.15, 0.2) is 12.2 Å². The summed E-state index contributed by atoms with van der Waals surface area (Å²) in [5, 5.41) is 9.62. The zero-order chi connectivity index (χ0) is 40.7. The highest BCUT2D eigenvalue weighted by Gasteiger charge is 2.31. The highest BCUT2D eigenvalue weighted by molar-refractivity contribution is 5.72. The second-order valence-corrected chi connectivity index (χ2v) is 17.0. The monoisotopic (exact) mass is 781 g/mol. The Labute approximate surface area is 339 Å². The van der Waals surface area contributed by atoms with Crippen molar-refractivity contribution in [3.8, 4) is 0 Å². The van der Waals surface area contributed by atoms with Gasteiger partial charge in [0.2, 0.25) is 0 Å². The van der Waals surface area contributed by atoms with Gasteiger partial charge < -0.3 is 23.8 Å². The Morgan fingerprint density at radius 3 is 1.35 bits per heavy atom. The fourth-order valence-corrected chi connectivity index (χ4v) is 7.03. The molecule has 0 saturated heterocycles. The number of hydrogen-bond donors (Lipinski definition) is 1. The van der Waals surface area contributed by atoms with Gasteiger partial charge in [-0.15, -0.1) is 0 Å². The maximum atomic E-state index is 12.7. The molecular formula is C47H90NO7+. The Kier molecular flexibility index (Phi) is 37.6. The van der Waals surface area contributed by atoms with Gasteiger partial charge in [0.15, 0.2) is 12.1 Å². The number of ether oxygens (including phenoxy) is 3. The summed E-state index contributed by atoms with van der Waals surface area (Å²) in [6.45, 7) is 4.73. The number of carbonyl (C=O) groups excluding carboxylic acids is 2. The lowest BCUT2D eigenvalue weighted by molar-refractivity contribution is -0.887. The molecular weight excluding hydrogens is 691 g/mol. The number of allylic oxidation sites excluding steroid dienone is 2. The predicted molar refractivity (Wildman–Crippen MR) is 229 cm³/mol. The molecule has 0 fully saturated rings. The second kappa shape index (κ2) is 38.9. The molecule has 0 bridgehead atoms.